The van der Waals surface area contributed by atoms with E-state index in [4.69, 9.17) is 23.8 Å². The molecule has 0 spiro atoms. The Labute approximate surface area is 156 Å². The summed E-state index contributed by atoms with van der Waals surface area (Å²) >= 11 is 13.8. The van der Waals surface area contributed by atoms with Gasteiger partial charge >= 0.3 is 0 Å². The number of hydrogen-bond acceptors (Lipinski definition) is 6. The lowest BCUT2D eigenvalue weighted by Gasteiger charge is -2.13. The SMILES string of the molecule is O=C(CN1C(=O)/C(=C\c2ccccc2Cl)SC1=S)Nc1nccs1. The van der Waals surface area contributed by atoms with Gasteiger partial charge in [0, 0.05) is 16.6 Å². The Balaban J connectivity index is 1.72. The van der Waals surface area contributed by atoms with Crippen LogP contribution in [0.3, 0.4) is 0 Å². The molecule has 0 atom stereocenters. The van der Waals surface area contributed by atoms with Crippen LogP contribution in [0.15, 0.2) is 40.7 Å². The van der Waals surface area contributed by atoms with Crippen molar-refractivity contribution >= 4 is 74.3 Å². The molecule has 0 bridgehead atoms. The Morgan fingerprint density at radius 1 is 1.42 bits per heavy atom. The van der Waals surface area contributed by atoms with Gasteiger partial charge in [-0.2, -0.15) is 0 Å². The fraction of sp³-hybridized carbons (Fsp3) is 0.0667. The van der Waals surface area contributed by atoms with Crippen molar-refractivity contribution in [3.8, 4) is 0 Å². The number of carbonyl (C=O) groups excluding carboxylic acids is 2. The van der Waals surface area contributed by atoms with E-state index in [9.17, 15) is 9.59 Å². The maximum absolute atomic E-state index is 12.5. The van der Waals surface area contributed by atoms with E-state index < -0.39 is 0 Å². The highest BCUT2D eigenvalue weighted by molar-refractivity contribution is 8.26. The molecule has 1 aromatic carbocycles. The van der Waals surface area contributed by atoms with Crippen LogP contribution in [0.4, 0.5) is 5.13 Å². The number of hydrogen-bond donors (Lipinski definition) is 1. The topological polar surface area (TPSA) is 62.3 Å². The van der Waals surface area contributed by atoms with Crippen molar-refractivity contribution < 1.29 is 9.59 Å². The van der Waals surface area contributed by atoms with Crippen molar-refractivity contribution in [2.45, 2.75) is 0 Å². The molecule has 1 aliphatic heterocycles. The van der Waals surface area contributed by atoms with Gasteiger partial charge in [-0.1, -0.05) is 53.8 Å². The highest BCUT2D eigenvalue weighted by atomic mass is 35.5. The van der Waals surface area contributed by atoms with Gasteiger partial charge < -0.3 is 5.32 Å². The van der Waals surface area contributed by atoms with Gasteiger partial charge in [0.2, 0.25) is 5.91 Å². The van der Waals surface area contributed by atoms with Crippen LogP contribution in [-0.2, 0) is 9.59 Å². The molecule has 122 valence electrons. The number of carbonyl (C=O) groups is 2. The lowest BCUT2D eigenvalue weighted by Crippen LogP contribution is -2.36. The molecule has 2 aromatic rings. The van der Waals surface area contributed by atoms with Crippen molar-refractivity contribution in [1.82, 2.24) is 9.88 Å². The molecular formula is C15H10ClN3O2S3. The van der Waals surface area contributed by atoms with E-state index in [-0.39, 0.29) is 18.4 Å². The number of aromatic nitrogens is 1. The van der Waals surface area contributed by atoms with Gasteiger partial charge in [-0.05, 0) is 17.7 Å². The number of anilines is 1. The van der Waals surface area contributed by atoms with Crippen LogP contribution >= 0.6 is 46.9 Å². The van der Waals surface area contributed by atoms with Gasteiger partial charge in [-0.15, -0.1) is 11.3 Å². The Bertz CT molecular complexity index is 836. The first-order valence-electron chi connectivity index (χ1n) is 6.74. The number of amides is 2. The molecule has 2 heterocycles. The monoisotopic (exact) mass is 395 g/mol. The van der Waals surface area contributed by atoms with E-state index in [2.05, 4.69) is 10.3 Å². The summed E-state index contributed by atoms with van der Waals surface area (Å²) in [7, 11) is 0. The van der Waals surface area contributed by atoms with Crippen LogP contribution in [0, 0.1) is 0 Å². The van der Waals surface area contributed by atoms with Gasteiger partial charge in [0.15, 0.2) is 5.13 Å². The number of nitrogens with one attached hydrogen (secondary N) is 1. The molecule has 0 unspecified atom stereocenters. The predicted octanol–water partition coefficient (Wildman–Crippen LogP) is 3.64. The van der Waals surface area contributed by atoms with Crippen LogP contribution in [-0.4, -0.2) is 32.6 Å². The zero-order valence-corrected chi connectivity index (χ0v) is 15.3. The Morgan fingerprint density at radius 3 is 2.92 bits per heavy atom. The van der Waals surface area contributed by atoms with E-state index >= 15 is 0 Å². The van der Waals surface area contributed by atoms with Gasteiger partial charge in [0.05, 0.1) is 4.91 Å². The summed E-state index contributed by atoms with van der Waals surface area (Å²) in [6.45, 7) is -0.149. The van der Waals surface area contributed by atoms with E-state index in [1.54, 1.807) is 23.7 Å². The number of thiocarbonyl (C=S) groups is 1. The third-order valence-electron chi connectivity index (χ3n) is 3.05. The molecule has 0 aliphatic carbocycles. The molecule has 24 heavy (non-hydrogen) atoms. The fourth-order valence-electron chi connectivity index (χ4n) is 1.96. The van der Waals surface area contributed by atoms with Crippen molar-refractivity contribution in [3.63, 3.8) is 0 Å². The molecule has 1 saturated heterocycles. The molecule has 1 aliphatic rings. The van der Waals surface area contributed by atoms with Crippen molar-refractivity contribution in [2.24, 2.45) is 0 Å². The van der Waals surface area contributed by atoms with Crippen LogP contribution in [0.5, 0.6) is 0 Å². The minimum absolute atomic E-state index is 0.149. The summed E-state index contributed by atoms with van der Waals surface area (Å²) in [6, 6.07) is 7.20. The van der Waals surface area contributed by atoms with Crippen LogP contribution < -0.4 is 5.32 Å². The van der Waals surface area contributed by atoms with Crippen LogP contribution in [0.25, 0.3) is 6.08 Å². The summed E-state index contributed by atoms with van der Waals surface area (Å²) in [4.78, 5) is 30.2. The smallest absolute Gasteiger partial charge is 0.266 e. The molecule has 2 amide bonds. The maximum Gasteiger partial charge on any atom is 0.266 e. The van der Waals surface area contributed by atoms with Crippen molar-refractivity contribution in [1.29, 1.82) is 0 Å². The number of benzene rings is 1. The Kier molecular flexibility index (Phi) is 5.30. The average Bonchev–Trinajstić information content (AvgIpc) is 3.14. The zero-order valence-electron chi connectivity index (χ0n) is 12.1. The molecule has 1 fully saturated rings. The second-order valence-corrected chi connectivity index (χ2v) is 7.65. The minimum atomic E-state index is -0.347. The highest BCUT2D eigenvalue weighted by Gasteiger charge is 2.33. The van der Waals surface area contributed by atoms with E-state index in [1.165, 1.54) is 16.2 Å². The number of thioether (sulfide) groups is 1. The molecule has 0 saturated carbocycles. The highest BCUT2D eigenvalue weighted by Crippen LogP contribution is 2.33. The second-order valence-electron chi connectivity index (χ2n) is 4.67. The average molecular weight is 396 g/mol. The minimum Gasteiger partial charge on any atom is -0.300 e. The first kappa shape index (κ1) is 17.1. The van der Waals surface area contributed by atoms with Crippen molar-refractivity contribution in [3.05, 3.63) is 51.3 Å². The normalized spacial score (nSPS) is 16.0. The maximum atomic E-state index is 12.5. The number of nitrogens with zero attached hydrogens (tertiary/aromatic N) is 2. The molecule has 1 aromatic heterocycles. The zero-order chi connectivity index (χ0) is 17.1. The van der Waals surface area contributed by atoms with Gasteiger partial charge in [-0.25, -0.2) is 4.98 Å². The molecule has 1 N–H and O–H groups in total. The van der Waals surface area contributed by atoms with E-state index in [0.717, 1.165) is 17.3 Å². The standard InChI is InChI=1S/C15H10ClN3O2S3/c16-10-4-2-1-3-9(10)7-11-13(21)19(15(22)24-11)8-12(20)18-14-17-5-6-23-14/h1-7H,8H2,(H,17,18,20)/b11-7+. The van der Waals surface area contributed by atoms with E-state index in [0.29, 0.717) is 19.4 Å². The fourth-order valence-corrected chi connectivity index (χ4v) is 3.94. The first-order chi connectivity index (χ1) is 11.5. The molecule has 3 rings (SSSR count). The van der Waals surface area contributed by atoms with Gasteiger partial charge in [-0.3, -0.25) is 14.5 Å². The molecule has 0 radical (unpaired) electrons. The third kappa shape index (κ3) is 3.84. The van der Waals surface area contributed by atoms with Crippen LogP contribution in [0.1, 0.15) is 5.56 Å². The lowest BCUT2D eigenvalue weighted by atomic mass is 10.2. The molecule has 9 heteroatoms. The molecule has 5 nitrogen and oxygen atoms in total. The predicted molar refractivity (Wildman–Crippen MR) is 102 cm³/mol. The lowest BCUT2D eigenvalue weighted by molar-refractivity contribution is -0.126. The van der Waals surface area contributed by atoms with Gasteiger partial charge in [0.1, 0.15) is 10.9 Å². The number of halogens is 1. The summed E-state index contributed by atoms with van der Waals surface area (Å²) in [5.41, 5.74) is 0.729. The van der Waals surface area contributed by atoms with Gasteiger partial charge in [0.25, 0.3) is 5.91 Å². The number of rotatable bonds is 4. The first-order valence-corrected chi connectivity index (χ1v) is 9.22. The van der Waals surface area contributed by atoms with Crippen LogP contribution in [0.2, 0.25) is 5.02 Å². The van der Waals surface area contributed by atoms with E-state index in [1.807, 2.05) is 18.2 Å². The summed E-state index contributed by atoms with van der Waals surface area (Å²) < 4.78 is 0.340. The molecular weight excluding hydrogens is 386 g/mol. The largest absolute Gasteiger partial charge is 0.300 e. The Hall–Kier alpha value is -1.74. The summed E-state index contributed by atoms with van der Waals surface area (Å²) in [5, 5.41) is 5.41. The number of thiazole rings is 1. The summed E-state index contributed by atoms with van der Waals surface area (Å²) in [6.07, 6.45) is 3.27. The third-order valence-corrected chi connectivity index (χ3v) is 5.46. The quantitative estimate of drug-likeness (QED) is 0.632. The second kappa shape index (κ2) is 7.43. The Morgan fingerprint density at radius 2 is 2.21 bits per heavy atom. The summed E-state index contributed by atoms with van der Waals surface area (Å²) in [5.74, 6) is -0.653. The van der Waals surface area contributed by atoms with Crippen molar-refractivity contribution in [2.75, 3.05) is 11.9 Å².